The molecule has 0 saturated heterocycles. The summed E-state index contributed by atoms with van der Waals surface area (Å²) >= 11 is 0. The Bertz CT molecular complexity index is 928. The molecule has 0 bridgehead atoms. The van der Waals surface area contributed by atoms with Crippen LogP contribution in [0.4, 0.5) is 0 Å². The second-order valence-electron chi connectivity index (χ2n) is 7.98. The Kier molecular flexibility index (Phi) is 6.38. The molecule has 0 radical (unpaired) electrons. The summed E-state index contributed by atoms with van der Waals surface area (Å²) in [4.78, 5) is 16.4. The first-order chi connectivity index (χ1) is 14.8. The molecule has 1 fully saturated rings. The smallest absolute Gasteiger partial charge is 0.243 e. The number of rotatable bonds is 9. The number of allylic oxidation sites excluding steroid dienone is 1. The Balaban J connectivity index is 1.30. The second kappa shape index (κ2) is 9.53. The summed E-state index contributed by atoms with van der Waals surface area (Å²) in [6.07, 6.45) is 11.6. The van der Waals surface area contributed by atoms with E-state index in [1.54, 1.807) is 12.3 Å². The van der Waals surface area contributed by atoms with E-state index in [4.69, 9.17) is 0 Å². The third-order valence-electron chi connectivity index (χ3n) is 5.99. The van der Waals surface area contributed by atoms with Gasteiger partial charge in [0, 0.05) is 24.4 Å². The SMILES string of the molecule is O=C(/C=C/C1CC1(c1ccccc1)c1ccccc1)NCCCCc1cccnc1. The second-order valence-corrected chi connectivity index (χ2v) is 7.98. The zero-order valence-corrected chi connectivity index (χ0v) is 17.2. The van der Waals surface area contributed by atoms with E-state index in [-0.39, 0.29) is 11.3 Å². The van der Waals surface area contributed by atoms with Crippen molar-refractivity contribution in [2.75, 3.05) is 6.54 Å². The molecule has 0 spiro atoms. The van der Waals surface area contributed by atoms with Crippen LogP contribution in [0.25, 0.3) is 0 Å². The van der Waals surface area contributed by atoms with E-state index in [1.807, 2.05) is 12.3 Å². The molecule has 1 saturated carbocycles. The average molecular weight is 397 g/mol. The molecule has 4 rings (SSSR count). The van der Waals surface area contributed by atoms with Crippen LogP contribution in [-0.4, -0.2) is 17.4 Å². The fourth-order valence-corrected chi connectivity index (χ4v) is 4.30. The summed E-state index contributed by atoms with van der Waals surface area (Å²) < 4.78 is 0. The maximum absolute atomic E-state index is 12.3. The van der Waals surface area contributed by atoms with Gasteiger partial charge < -0.3 is 5.32 Å². The molecular weight excluding hydrogens is 368 g/mol. The van der Waals surface area contributed by atoms with E-state index in [0.29, 0.717) is 12.5 Å². The van der Waals surface area contributed by atoms with Crippen LogP contribution >= 0.6 is 0 Å². The highest BCUT2D eigenvalue weighted by Crippen LogP contribution is 2.59. The zero-order valence-electron chi connectivity index (χ0n) is 17.2. The van der Waals surface area contributed by atoms with Gasteiger partial charge in [-0.15, -0.1) is 0 Å². The van der Waals surface area contributed by atoms with E-state index in [9.17, 15) is 4.79 Å². The molecule has 1 unspecified atom stereocenters. The van der Waals surface area contributed by atoms with Gasteiger partial charge in [-0.1, -0.05) is 72.8 Å². The Morgan fingerprint density at radius 1 is 0.967 bits per heavy atom. The molecule has 1 heterocycles. The minimum atomic E-state index is -0.0109. The van der Waals surface area contributed by atoms with Gasteiger partial charge in [-0.05, 0) is 60.4 Å². The number of hydrogen-bond acceptors (Lipinski definition) is 2. The fourth-order valence-electron chi connectivity index (χ4n) is 4.30. The van der Waals surface area contributed by atoms with Crippen LogP contribution in [0.15, 0.2) is 97.3 Å². The largest absolute Gasteiger partial charge is 0.353 e. The van der Waals surface area contributed by atoms with Gasteiger partial charge in [0.1, 0.15) is 0 Å². The van der Waals surface area contributed by atoms with Gasteiger partial charge in [-0.2, -0.15) is 0 Å². The van der Waals surface area contributed by atoms with Gasteiger partial charge in [0.25, 0.3) is 0 Å². The van der Waals surface area contributed by atoms with E-state index in [1.165, 1.54) is 16.7 Å². The molecule has 1 aromatic heterocycles. The average Bonchev–Trinajstić information content (AvgIpc) is 3.55. The lowest BCUT2D eigenvalue weighted by atomic mass is 9.85. The number of carbonyl (C=O) groups is 1. The quantitative estimate of drug-likeness (QED) is 0.405. The minimum absolute atomic E-state index is 0.00157. The topological polar surface area (TPSA) is 42.0 Å². The van der Waals surface area contributed by atoms with E-state index in [2.05, 4.69) is 83.1 Å². The molecule has 152 valence electrons. The van der Waals surface area contributed by atoms with Crippen LogP contribution in [-0.2, 0) is 16.6 Å². The summed E-state index contributed by atoms with van der Waals surface area (Å²) in [5.41, 5.74) is 3.88. The molecule has 3 heteroatoms. The predicted octanol–water partition coefficient (Wildman–Crippen LogP) is 5.08. The normalized spacial score (nSPS) is 17.0. The number of unbranched alkanes of at least 4 members (excludes halogenated alkanes) is 1. The van der Waals surface area contributed by atoms with Crippen LogP contribution in [0, 0.1) is 5.92 Å². The Morgan fingerprint density at radius 3 is 2.30 bits per heavy atom. The first-order valence-corrected chi connectivity index (χ1v) is 10.7. The Labute approximate surface area is 178 Å². The summed E-state index contributed by atoms with van der Waals surface area (Å²) in [6.45, 7) is 0.705. The predicted molar refractivity (Wildman–Crippen MR) is 121 cm³/mol. The van der Waals surface area contributed by atoms with Gasteiger partial charge in [0.2, 0.25) is 5.91 Å². The highest BCUT2D eigenvalue weighted by atomic mass is 16.1. The van der Waals surface area contributed by atoms with Crippen molar-refractivity contribution < 1.29 is 4.79 Å². The highest BCUT2D eigenvalue weighted by Gasteiger charge is 2.54. The molecule has 3 aromatic rings. The van der Waals surface area contributed by atoms with Crippen molar-refractivity contribution in [3.8, 4) is 0 Å². The first-order valence-electron chi connectivity index (χ1n) is 10.7. The van der Waals surface area contributed by atoms with Gasteiger partial charge in [0.15, 0.2) is 0 Å². The molecule has 2 aromatic carbocycles. The summed E-state index contributed by atoms with van der Waals surface area (Å²) in [7, 11) is 0. The molecule has 3 nitrogen and oxygen atoms in total. The van der Waals surface area contributed by atoms with Crippen LogP contribution in [0.2, 0.25) is 0 Å². The lowest BCUT2D eigenvalue weighted by Crippen LogP contribution is -2.22. The van der Waals surface area contributed by atoms with Gasteiger partial charge in [0.05, 0.1) is 0 Å². The highest BCUT2D eigenvalue weighted by molar-refractivity contribution is 5.87. The number of nitrogens with zero attached hydrogens (tertiary/aromatic N) is 1. The maximum Gasteiger partial charge on any atom is 0.243 e. The lowest BCUT2D eigenvalue weighted by Gasteiger charge is -2.18. The Morgan fingerprint density at radius 2 is 1.67 bits per heavy atom. The molecule has 30 heavy (non-hydrogen) atoms. The fraction of sp³-hybridized carbons (Fsp3) is 0.259. The monoisotopic (exact) mass is 396 g/mol. The van der Waals surface area contributed by atoms with Crippen molar-refractivity contribution >= 4 is 5.91 Å². The molecule has 0 aliphatic heterocycles. The van der Waals surface area contributed by atoms with Crippen LogP contribution < -0.4 is 5.32 Å². The number of hydrogen-bond donors (Lipinski definition) is 1. The van der Waals surface area contributed by atoms with E-state index in [0.717, 1.165) is 25.7 Å². The number of benzene rings is 2. The zero-order chi connectivity index (χ0) is 20.7. The van der Waals surface area contributed by atoms with Gasteiger partial charge >= 0.3 is 0 Å². The van der Waals surface area contributed by atoms with Crippen molar-refractivity contribution in [1.29, 1.82) is 0 Å². The molecule has 1 N–H and O–H groups in total. The van der Waals surface area contributed by atoms with E-state index < -0.39 is 0 Å². The third kappa shape index (κ3) is 4.68. The summed E-state index contributed by atoms with van der Waals surface area (Å²) in [6, 6.07) is 25.3. The molecule has 1 amide bonds. The van der Waals surface area contributed by atoms with Crippen molar-refractivity contribution in [2.45, 2.75) is 31.1 Å². The van der Waals surface area contributed by atoms with Crippen LogP contribution in [0.3, 0.4) is 0 Å². The van der Waals surface area contributed by atoms with Crippen LogP contribution in [0.1, 0.15) is 36.0 Å². The molecule has 1 atom stereocenters. The van der Waals surface area contributed by atoms with Crippen molar-refractivity contribution in [3.63, 3.8) is 0 Å². The molecule has 1 aliphatic carbocycles. The number of amides is 1. The van der Waals surface area contributed by atoms with Gasteiger partial charge in [-0.3, -0.25) is 9.78 Å². The number of aromatic nitrogens is 1. The summed E-state index contributed by atoms with van der Waals surface area (Å²) in [5, 5.41) is 3.02. The van der Waals surface area contributed by atoms with Crippen LogP contribution in [0.5, 0.6) is 0 Å². The third-order valence-corrected chi connectivity index (χ3v) is 5.99. The summed E-state index contributed by atoms with van der Waals surface area (Å²) in [5.74, 6) is 0.344. The number of nitrogens with one attached hydrogen (secondary N) is 1. The molecular formula is C27H28N2O. The lowest BCUT2D eigenvalue weighted by molar-refractivity contribution is -0.116. The Hall–Kier alpha value is -3.20. The number of aryl methyl sites for hydroxylation is 1. The molecule has 1 aliphatic rings. The number of pyridine rings is 1. The maximum atomic E-state index is 12.3. The standard InChI is InChI=1S/C27H28N2O/c30-26(29-19-8-7-10-22-11-9-18-28-21-22)17-16-25-20-27(25,23-12-3-1-4-13-23)24-14-5-2-6-15-24/h1-6,9,11-18,21,25H,7-8,10,19-20H2,(H,29,30)/b17-16+. The van der Waals surface area contributed by atoms with Crippen molar-refractivity contribution in [3.05, 3.63) is 114 Å². The van der Waals surface area contributed by atoms with Crippen molar-refractivity contribution in [1.82, 2.24) is 10.3 Å². The number of carbonyl (C=O) groups excluding carboxylic acids is 1. The first kappa shape index (κ1) is 20.1. The minimum Gasteiger partial charge on any atom is -0.353 e. The van der Waals surface area contributed by atoms with E-state index >= 15 is 0 Å². The van der Waals surface area contributed by atoms with Gasteiger partial charge in [-0.25, -0.2) is 0 Å². The van der Waals surface area contributed by atoms with Crippen molar-refractivity contribution in [2.24, 2.45) is 5.92 Å².